The number of nitriles is 1. The predicted molar refractivity (Wildman–Crippen MR) is 154 cm³/mol. The molecule has 1 unspecified atom stereocenters. The first-order valence-electron chi connectivity index (χ1n) is 12.9. The van der Waals surface area contributed by atoms with Gasteiger partial charge in [-0.25, -0.2) is 4.79 Å². The largest absolute Gasteiger partial charge is 0.333 e. The second-order valence-electron chi connectivity index (χ2n) is 11.0. The highest BCUT2D eigenvalue weighted by molar-refractivity contribution is 6.13. The molecule has 8 nitrogen and oxygen atoms in total. The number of aliphatic imine (C=N–C) groups is 1. The molecule has 0 radical (unpaired) electrons. The van der Waals surface area contributed by atoms with Crippen molar-refractivity contribution in [3.8, 4) is 11.8 Å². The number of fused-ring (bicyclic) bond motifs is 3. The number of hydrogen-bond donors (Lipinski definition) is 0. The predicted octanol–water partition coefficient (Wildman–Crippen LogP) is 5.19. The van der Waals surface area contributed by atoms with Crippen molar-refractivity contribution in [1.29, 1.82) is 5.26 Å². The van der Waals surface area contributed by atoms with Gasteiger partial charge < -0.3 is 0 Å². The first kappa shape index (κ1) is 24.6. The van der Waals surface area contributed by atoms with E-state index in [0.29, 0.717) is 0 Å². The zero-order chi connectivity index (χ0) is 27.5. The van der Waals surface area contributed by atoms with Crippen molar-refractivity contribution < 1.29 is 0 Å². The van der Waals surface area contributed by atoms with Crippen LogP contribution in [0, 0.1) is 11.3 Å². The van der Waals surface area contributed by atoms with Crippen molar-refractivity contribution in [3.63, 3.8) is 0 Å². The van der Waals surface area contributed by atoms with Gasteiger partial charge in [-0.3, -0.25) is 23.8 Å². The van der Waals surface area contributed by atoms with Crippen LogP contribution in [-0.4, -0.2) is 30.1 Å². The third kappa shape index (κ3) is 3.89. The summed E-state index contributed by atoms with van der Waals surface area (Å²) in [6, 6.07) is 16.1. The van der Waals surface area contributed by atoms with Crippen LogP contribution in [0.3, 0.4) is 0 Å². The van der Waals surface area contributed by atoms with Gasteiger partial charge in [-0.2, -0.15) is 10.4 Å². The fraction of sp³-hybridized carbons (Fsp3) is 0.258. The van der Waals surface area contributed by atoms with E-state index >= 15 is 0 Å². The number of dihydropyridines is 1. The summed E-state index contributed by atoms with van der Waals surface area (Å²) in [6.07, 6.45) is 10.5. The number of aryl methyl sites for hydroxylation is 2. The normalized spacial score (nSPS) is 17.5. The number of rotatable bonds is 4. The Hall–Kier alpha value is -4.77. The molecular weight excluding hydrogens is 486 g/mol. The lowest BCUT2D eigenvalue weighted by Gasteiger charge is -2.26. The minimum absolute atomic E-state index is 0.150. The number of pyridine rings is 1. The van der Waals surface area contributed by atoms with Crippen LogP contribution in [0.2, 0.25) is 0 Å². The summed E-state index contributed by atoms with van der Waals surface area (Å²) in [7, 11) is 3.68. The maximum atomic E-state index is 13.5. The molecule has 1 aliphatic heterocycles. The summed E-state index contributed by atoms with van der Waals surface area (Å²) >= 11 is 0. The minimum Gasteiger partial charge on any atom is -0.293 e. The average molecular weight is 516 g/mol. The first-order chi connectivity index (χ1) is 18.6. The van der Waals surface area contributed by atoms with Gasteiger partial charge in [0.25, 0.3) is 0 Å². The Morgan fingerprint density at radius 2 is 1.85 bits per heavy atom. The zero-order valence-corrected chi connectivity index (χ0v) is 22.7. The number of benzene rings is 2. The van der Waals surface area contributed by atoms with Gasteiger partial charge in [0.1, 0.15) is 0 Å². The first-order valence-corrected chi connectivity index (χ1v) is 12.9. The number of nitrogens with zero attached hydrogens (tertiary/aromatic N) is 7. The standard InChI is InChI=1S/C31H29N7O/c1-30(2,19-32)22-7-9-24(10-8-22)38-28-25-14-20(6-11-26(25)33-17-27(28)37(5)29(38)39)21-12-13-31(3,34-15-21)23-16-35-36(4)18-23/h6-12,14-18H,13H2,1-5H3. The third-order valence-corrected chi connectivity index (χ3v) is 7.88. The molecule has 6 rings (SSSR count). The highest BCUT2D eigenvalue weighted by Gasteiger charge is 2.28. The monoisotopic (exact) mass is 515 g/mol. The van der Waals surface area contributed by atoms with E-state index in [1.165, 1.54) is 0 Å². The molecule has 0 N–H and O–H groups in total. The van der Waals surface area contributed by atoms with Crippen LogP contribution in [0.1, 0.15) is 43.9 Å². The number of aromatic nitrogens is 5. The molecule has 0 saturated carbocycles. The average Bonchev–Trinajstić information content (AvgIpc) is 3.50. The number of hydrogen-bond acceptors (Lipinski definition) is 5. The molecular formula is C31H29N7O. The van der Waals surface area contributed by atoms with Crippen molar-refractivity contribution in [1.82, 2.24) is 23.9 Å². The lowest BCUT2D eigenvalue weighted by Crippen LogP contribution is -2.21. The van der Waals surface area contributed by atoms with Gasteiger partial charge in [-0.1, -0.05) is 24.3 Å². The van der Waals surface area contributed by atoms with Crippen LogP contribution in [-0.2, 0) is 25.0 Å². The SMILES string of the molecule is Cn1cc(C2(C)CC=C(c3ccc4ncc5c(c4c3)n(-c3ccc(C(C)(C)C#N)cc3)c(=O)n5C)C=N2)cn1. The molecule has 0 bridgehead atoms. The summed E-state index contributed by atoms with van der Waals surface area (Å²) in [5, 5.41) is 14.7. The van der Waals surface area contributed by atoms with Crippen LogP contribution in [0.5, 0.6) is 0 Å². The second-order valence-corrected chi connectivity index (χ2v) is 11.0. The van der Waals surface area contributed by atoms with Crippen LogP contribution in [0.4, 0.5) is 0 Å². The van der Waals surface area contributed by atoms with Gasteiger partial charge >= 0.3 is 5.69 Å². The molecule has 2 aromatic carbocycles. The van der Waals surface area contributed by atoms with Crippen LogP contribution >= 0.6 is 0 Å². The highest BCUT2D eigenvalue weighted by atomic mass is 16.1. The Balaban J connectivity index is 1.47. The maximum Gasteiger partial charge on any atom is 0.333 e. The Labute approximate surface area is 226 Å². The van der Waals surface area contributed by atoms with Gasteiger partial charge in [-0.15, -0.1) is 0 Å². The van der Waals surface area contributed by atoms with Crippen molar-refractivity contribution in [2.24, 2.45) is 19.1 Å². The molecule has 0 fully saturated rings. The molecule has 1 aliphatic rings. The van der Waals surface area contributed by atoms with Crippen molar-refractivity contribution in [2.75, 3.05) is 0 Å². The number of allylic oxidation sites excluding steroid dienone is 1. The van der Waals surface area contributed by atoms with Gasteiger partial charge in [0.05, 0.1) is 51.7 Å². The molecule has 0 saturated heterocycles. The van der Waals surface area contributed by atoms with E-state index in [9.17, 15) is 10.1 Å². The molecule has 8 heteroatoms. The Morgan fingerprint density at radius 3 is 2.49 bits per heavy atom. The lowest BCUT2D eigenvalue weighted by molar-refractivity contribution is 0.505. The third-order valence-electron chi connectivity index (χ3n) is 7.88. The Bertz CT molecular complexity index is 1930. The van der Waals surface area contributed by atoms with E-state index in [1.54, 1.807) is 27.1 Å². The smallest absolute Gasteiger partial charge is 0.293 e. The van der Waals surface area contributed by atoms with Gasteiger partial charge in [0, 0.05) is 37.5 Å². The summed E-state index contributed by atoms with van der Waals surface area (Å²) < 4.78 is 5.16. The van der Waals surface area contributed by atoms with Gasteiger partial charge in [0.15, 0.2) is 0 Å². The van der Waals surface area contributed by atoms with E-state index < -0.39 is 5.41 Å². The molecule has 5 aromatic rings. The van der Waals surface area contributed by atoms with E-state index in [2.05, 4.69) is 41.3 Å². The Kier molecular flexibility index (Phi) is 5.44. The van der Waals surface area contributed by atoms with E-state index in [-0.39, 0.29) is 11.2 Å². The van der Waals surface area contributed by atoms with Gasteiger partial charge in [-0.05, 0) is 68.2 Å². The van der Waals surface area contributed by atoms with Crippen LogP contribution < -0.4 is 5.69 Å². The molecule has 39 heavy (non-hydrogen) atoms. The fourth-order valence-corrected chi connectivity index (χ4v) is 5.22. The second kappa shape index (κ2) is 8.63. The van der Waals surface area contributed by atoms with Crippen molar-refractivity contribution in [3.05, 3.63) is 94.3 Å². The Morgan fingerprint density at radius 1 is 1.08 bits per heavy atom. The van der Waals surface area contributed by atoms with Gasteiger partial charge in [0.2, 0.25) is 0 Å². The molecule has 3 aromatic heterocycles. The van der Waals surface area contributed by atoms with E-state index in [4.69, 9.17) is 4.99 Å². The minimum atomic E-state index is -0.615. The topological polar surface area (TPSA) is 93.8 Å². The lowest BCUT2D eigenvalue weighted by atomic mass is 9.86. The maximum absolute atomic E-state index is 13.5. The van der Waals surface area contributed by atoms with Crippen molar-refractivity contribution in [2.45, 2.75) is 38.1 Å². The summed E-state index contributed by atoms with van der Waals surface area (Å²) in [5.41, 5.74) is 6.01. The molecule has 0 aliphatic carbocycles. The summed E-state index contributed by atoms with van der Waals surface area (Å²) in [6.45, 7) is 5.89. The van der Waals surface area contributed by atoms with Crippen LogP contribution in [0.25, 0.3) is 33.2 Å². The molecule has 0 spiro atoms. The number of imidazole rings is 1. The molecule has 4 heterocycles. The highest BCUT2D eigenvalue weighted by Crippen LogP contribution is 2.35. The molecule has 1 atom stereocenters. The quantitative estimate of drug-likeness (QED) is 0.329. The van der Waals surface area contributed by atoms with Crippen LogP contribution in [0.15, 0.2) is 76.9 Å². The summed E-state index contributed by atoms with van der Waals surface area (Å²) in [5.74, 6) is 0. The van der Waals surface area contributed by atoms with E-state index in [1.807, 2.05) is 69.8 Å². The summed E-state index contributed by atoms with van der Waals surface area (Å²) in [4.78, 5) is 23.0. The zero-order valence-electron chi connectivity index (χ0n) is 22.7. The molecule has 194 valence electrons. The fourth-order valence-electron chi connectivity index (χ4n) is 5.22. The molecule has 0 amide bonds. The van der Waals surface area contributed by atoms with E-state index in [0.717, 1.165) is 56.3 Å². The van der Waals surface area contributed by atoms with Crippen molar-refractivity contribution >= 4 is 33.7 Å².